The number of aromatic nitrogens is 2. The van der Waals surface area contributed by atoms with E-state index in [-0.39, 0.29) is 18.4 Å². The average molecular weight is 366 g/mol. The van der Waals surface area contributed by atoms with Gasteiger partial charge in [-0.2, -0.15) is 0 Å². The van der Waals surface area contributed by atoms with Gasteiger partial charge >= 0.3 is 0 Å². The van der Waals surface area contributed by atoms with Gasteiger partial charge in [-0.05, 0) is 50.0 Å². The Morgan fingerprint density at radius 3 is 2.85 bits per heavy atom. The summed E-state index contributed by atoms with van der Waals surface area (Å²) in [6.07, 6.45) is 11.2. The van der Waals surface area contributed by atoms with Crippen LogP contribution < -0.4 is 0 Å². The Labute approximate surface area is 161 Å². The van der Waals surface area contributed by atoms with E-state index in [9.17, 15) is 5.11 Å². The minimum Gasteiger partial charge on any atom is -0.393 e. The van der Waals surface area contributed by atoms with Gasteiger partial charge in [0.15, 0.2) is 0 Å². The molecule has 1 aromatic carbocycles. The third-order valence-corrected chi connectivity index (χ3v) is 6.61. The molecule has 2 fully saturated rings. The Morgan fingerprint density at radius 2 is 2.04 bits per heavy atom. The van der Waals surface area contributed by atoms with Gasteiger partial charge in [-0.3, -0.25) is 4.90 Å². The molecule has 5 nitrogen and oxygen atoms in total. The van der Waals surface area contributed by atoms with Crippen LogP contribution in [0.3, 0.4) is 0 Å². The van der Waals surface area contributed by atoms with Crippen molar-refractivity contribution < 1.29 is 9.84 Å². The van der Waals surface area contributed by atoms with Crippen LogP contribution in [-0.4, -0.2) is 51.6 Å². The predicted octanol–water partition coefficient (Wildman–Crippen LogP) is 3.26. The van der Waals surface area contributed by atoms with Gasteiger partial charge in [-0.15, -0.1) is 0 Å². The maximum Gasteiger partial charge on any atom is 0.110 e. The van der Waals surface area contributed by atoms with Crippen LogP contribution in [0.15, 0.2) is 36.8 Å². The highest BCUT2D eigenvalue weighted by molar-refractivity contribution is 5.68. The highest BCUT2D eigenvalue weighted by Crippen LogP contribution is 2.42. The minimum absolute atomic E-state index is 0.198. The van der Waals surface area contributed by atoms with E-state index < -0.39 is 0 Å². The van der Waals surface area contributed by atoms with Crippen molar-refractivity contribution in [2.45, 2.75) is 50.5 Å². The van der Waals surface area contributed by atoms with Gasteiger partial charge in [0.2, 0.25) is 0 Å². The number of hydrogen-bond donors (Lipinski definition) is 1. The first-order valence-corrected chi connectivity index (χ1v) is 10.3. The normalized spacial score (nSPS) is 27.3. The summed E-state index contributed by atoms with van der Waals surface area (Å²) < 4.78 is 8.12. The fraction of sp³-hybridized carbons (Fsp3) is 0.545. The first-order valence-electron chi connectivity index (χ1n) is 10.3. The van der Waals surface area contributed by atoms with E-state index in [0.717, 1.165) is 51.8 Å². The molecule has 5 rings (SSSR count). The summed E-state index contributed by atoms with van der Waals surface area (Å²) in [5.41, 5.74) is 3.75. The summed E-state index contributed by atoms with van der Waals surface area (Å²) in [5, 5.41) is 11.0. The standard InChI is InChI=1S/C22H28N3O2/c26-21(16-8-10-24(11-9-16)22-7-3-4-12-27-22)13-19-17-5-1-2-6-18(17)20-14-23-15-25(19)20/h1-2,4-6,14-16,19,21-22,26H,3,7-13H2/t19-,21-,22?/m0/s1. The topological polar surface area (TPSA) is 50.5 Å². The van der Waals surface area contributed by atoms with E-state index in [1.165, 1.54) is 16.8 Å². The number of aliphatic hydroxyl groups excluding tert-OH is 1. The second-order valence-electron chi connectivity index (χ2n) is 8.12. The summed E-state index contributed by atoms with van der Waals surface area (Å²) in [7, 11) is 0. The van der Waals surface area contributed by atoms with E-state index in [4.69, 9.17) is 4.74 Å². The molecule has 4 heterocycles. The van der Waals surface area contributed by atoms with E-state index in [2.05, 4.69) is 45.1 Å². The molecule has 2 saturated heterocycles. The number of hydrogen-bond acceptors (Lipinski definition) is 4. The SMILES string of the molecule is O[C@@H](C[C@H]1c2ccccc2-c2cncn21)C1CCN(C2CC[CH]CO2)CC1. The zero-order valence-electron chi connectivity index (χ0n) is 15.7. The molecule has 3 aliphatic heterocycles. The van der Waals surface area contributed by atoms with Crippen LogP contribution in [0.5, 0.6) is 0 Å². The van der Waals surface area contributed by atoms with Gasteiger partial charge in [-0.1, -0.05) is 24.3 Å². The van der Waals surface area contributed by atoms with E-state index in [0.29, 0.717) is 5.92 Å². The molecule has 27 heavy (non-hydrogen) atoms. The monoisotopic (exact) mass is 366 g/mol. The molecule has 1 aromatic heterocycles. The molecule has 1 N–H and O–H groups in total. The van der Waals surface area contributed by atoms with E-state index >= 15 is 0 Å². The molecular weight excluding hydrogens is 338 g/mol. The lowest BCUT2D eigenvalue weighted by Crippen LogP contribution is -2.46. The zero-order valence-corrected chi connectivity index (χ0v) is 15.7. The van der Waals surface area contributed by atoms with Crippen LogP contribution in [0.4, 0.5) is 0 Å². The Kier molecular flexibility index (Phi) is 4.76. The Balaban J connectivity index is 1.23. The summed E-state index contributed by atoms with van der Waals surface area (Å²) in [5.74, 6) is 0.371. The maximum atomic E-state index is 11.0. The quantitative estimate of drug-likeness (QED) is 0.902. The van der Waals surface area contributed by atoms with Crippen molar-refractivity contribution in [2.24, 2.45) is 5.92 Å². The van der Waals surface area contributed by atoms with Crippen molar-refractivity contribution in [3.05, 3.63) is 48.8 Å². The number of aliphatic hydroxyl groups is 1. The molecule has 0 bridgehead atoms. The minimum atomic E-state index is -0.279. The number of rotatable bonds is 4. The van der Waals surface area contributed by atoms with Gasteiger partial charge in [-0.25, -0.2) is 4.98 Å². The third kappa shape index (κ3) is 3.22. The number of ether oxygens (including phenoxy) is 1. The molecule has 0 spiro atoms. The Hall–Kier alpha value is -1.69. The van der Waals surface area contributed by atoms with Crippen LogP contribution in [-0.2, 0) is 4.74 Å². The smallest absolute Gasteiger partial charge is 0.110 e. The molecule has 3 aliphatic rings. The molecule has 0 saturated carbocycles. The van der Waals surface area contributed by atoms with Crippen molar-refractivity contribution in [3.63, 3.8) is 0 Å². The van der Waals surface area contributed by atoms with Crippen LogP contribution in [0.25, 0.3) is 11.3 Å². The van der Waals surface area contributed by atoms with Gasteiger partial charge < -0.3 is 14.4 Å². The molecule has 143 valence electrons. The molecule has 2 aromatic rings. The van der Waals surface area contributed by atoms with Crippen molar-refractivity contribution in [1.82, 2.24) is 14.5 Å². The first-order chi connectivity index (χ1) is 13.3. The fourth-order valence-electron chi connectivity index (χ4n) is 5.08. The van der Waals surface area contributed by atoms with Crippen LogP contribution in [0.2, 0.25) is 0 Å². The van der Waals surface area contributed by atoms with Gasteiger partial charge in [0.25, 0.3) is 0 Å². The Bertz CT molecular complexity index is 775. The number of piperidine rings is 1. The third-order valence-electron chi connectivity index (χ3n) is 6.61. The fourth-order valence-corrected chi connectivity index (χ4v) is 5.08. The molecule has 1 radical (unpaired) electrons. The summed E-state index contributed by atoms with van der Waals surface area (Å²) in [6, 6.07) is 8.73. The van der Waals surface area contributed by atoms with Crippen LogP contribution in [0, 0.1) is 12.3 Å². The number of fused-ring (bicyclic) bond motifs is 3. The van der Waals surface area contributed by atoms with Crippen molar-refractivity contribution in [2.75, 3.05) is 19.7 Å². The molecule has 5 heteroatoms. The molecule has 0 aliphatic carbocycles. The number of benzene rings is 1. The van der Waals surface area contributed by atoms with Crippen molar-refractivity contribution in [1.29, 1.82) is 0 Å². The van der Waals surface area contributed by atoms with E-state index in [1.54, 1.807) is 0 Å². The zero-order chi connectivity index (χ0) is 18.2. The number of nitrogens with zero attached hydrogens (tertiary/aromatic N) is 3. The molecule has 3 atom stereocenters. The molecule has 1 unspecified atom stereocenters. The van der Waals surface area contributed by atoms with Gasteiger partial charge in [0, 0.05) is 18.7 Å². The summed E-state index contributed by atoms with van der Waals surface area (Å²) >= 11 is 0. The number of likely N-dealkylation sites (tertiary alicyclic amines) is 1. The predicted molar refractivity (Wildman–Crippen MR) is 104 cm³/mol. The maximum absolute atomic E-state index is 11.0. The van der Waals surface area contributed by atoms with Crippen molar-refractivity contribution >= 4 is 0 Å². The second kappa shape index (κ2) is 7.38. The highest BCUT2D eigenvalue weighted by atomic mass is 16.5. The summed E-state index contributed by atoms with van der Waals surface area (Å²) in [6.45, 7) is 2.84. The van der Waals surface area contributed by atoms with Gasteiger partial charge in [0.05, 0.1) is 37.0 Å². The van der Waals surface area contributed by atoms with Gasteiger partial charge in [0.1, 0.15) is 6.23 Å². The average Bonchev–Trinajstić information content (AvgIpc) is 3.32. The van der Waals surface area contributed by atoms with Crippen LogP contribution in [0.1, 0.15) is 43.7 Å². The second-order valence-corrected chi connectivity index (χ2v) is 8.12. The lowest BCUT2D eigenvalue weighted by atomic mass is 9.86. The van der Waals surface area contributed by atoms with Crippen LogP contribution >= 0.6 is 0 Å². The van der Waals surface area contributed by atoms with Crippen molar-refractivity contribution in [3.8, 4) is 11.3 Å². The summed E-state index contributed by atoms with van der Waals surface area (Å²) in [4.78, 5) is 6.80. The van der Waals surface area contributed by atoms with E-state index in [1.807, 2.05) is 12.5 Å². The highest BCUT2D eigenvalue weighted by Gasteiger charge is 2.34. The first kappa shape index (κ1) is 17.4. The lowest BCUT2D eigenvalue weighted by molar-refractivity contribution is -0.0896. The lowest BCUT2D eigenvalue weighted by Gasteiger charge is -2.40. The number of imidazole rings is 1. The Morgan fingerprint density at radius 1 is 1.19 bits per heavy atom. The largest absolute Gasteiger partial charge is 0.393 e. The molecule has 0 amide bonds. The molecular formula is C22H28N3O2.